The van der Waals surface area contributed by atoms with Crippen LogP contribution in [0.4, 0.5) is 0 Å². The molecule has 0 rings (SSSR count). The third-order valence-electron chi connectivity index (χ3n) is 6.92. The molecule has 0 saturated carbocycles. The highest BCUT2D eigenvalue weighted by molar-refractivity contribution is 4.72. The highest BCUT2D eigenvalue weighted by Crippen LogP contribution is 2.35. The zero-order valence-electron chi connectivity index (χ0n) is 27.4. The molecule has 0 N–H and O–H groups in total. The first kappa shape index (κ1) is 35.6. The van der Waals surface area contributed by atoms with Crippen molar-refractivity contribution in [2.45, 2.75) is 97.3 Å². The quantitative estimate of drug-likeness (QED) is 0.159. The van der Waals surface area contributed by atoms with E-state index in [1.54, 1.807) is 7.11 Å². The number of nitrogens with zero attached hydrogens (tertiary/aromatic N) is 4. The van der Waals surface area contributed by atoms with Gasteiger partial charge in [-0.05, 0) is 45.5 Å². The highest BCUT2D eigenvalue weighted by Gasteiger charge is 2.57. The Labute approximate surface area is 223 Å². The van der Waals surface area contributed by atoms with Crippen molar-refractivity contribution in [1.82, 2.24) is 0 Å². The summed E-state index contributed by atoms with van der Waals surface area (Å²) < 4.78 is 13.0. The van der Waals surface area contributed by atoms with Gasteiger partial charge in [0.1, 0.15) is 48.8 Å². The molecule has 0 aromatic carbocycles. The molecule has 0 aromatic rings. The number of ether oxygens (including phenoxy) is 2. The average molecular weight is 525 g/mol. The molecule has 1 unspecified atom stereocenters. The summed E-state index contributed by atoms with van der Waals surface area (Å²) in [5.41, 5.74) is -1.72. The summed E-state index contributed by atoms with van der Waals surface area (Å²) in [6.45, 7) is 18.2. The van der Waals surface area contributed by atoms with Crippen molar-refractivity contribution in [3.05, 3.63) is 0 Å². The van der Waals surface area contributed by atoms with Gasteiger partial charge in [-0.1, -0.05) is 4.65 Å². The van der Waals surface area contributed by atoms with E-state index in [0.717, 1.165) is 25.8 Å². The molecule has 0 radical (unpaired) electrons. The lowest BCUT2D eigenvalue weighted by atomic mass is 10.0. The zero-order chi connectivity index (χ0) is 29.1. The number of hydrogen-bond donors (Lipinski definition) is 0. The van der Waals surface area contributed by atoms with Crippen LogP contribution in [0.5, 0.6) is 0 Å². The smallest absolute Gasteiger partial charge is 0.281 e. The van der Waals surface area contributed by atoms with Crippen LogP contribution in [0.1, 0.15) is 74.7 Å². The van der Waals surface area contributed by atoms with E-state index < -0.39 is 11.4 Å². The minimum atomic E-state index is -0.686. The summed E-state index contributed by atoms with van der Waals surface area (Å²) in [5.74, 6) is 0. The van der Waals surface area contributed by atoms with Crippen molar-refractivity contribution in [1.29, 1.82) is 0 Å². The van der Waals surface area contributed by atoms with Gasteiger partial charge < -0.3 is 9.47 Å². The normalized spacial score (nSPS) is 16.8. The molecule has 9 nitrogen and oxygen atoms in total. The van der Waals surface area contributed by atoms with Crippen molar-refractivity contribution < 1.29 is 42.7 Å². The number of hydroxylamine groups is 12. The van der Waals surface area contributed by atoms with E-state index in [1.165, 1.54) is 0 Å². The number of rotatable bonds is 17. The van der Waals surface area contributed by atoms with E-state index in [9.17, 15) is 0 Å². The Morgan fingerprint density at radius 3 is 1.50 bits per heavy atom. The largest absolute Gasteiger partial charge is 0.379 e. The van der Waals surface area contributed by atoms with Gasteiger partial charge in [-0.15, -0.1) is 19.0 Å². The number of methoxy groups -OCH3 is 1. The molecule has 0 aliphatic carbocycles. The van der Waals surface area contributed by atoms with E-state index in [-0.39, 0.29) is 20.5 Å². The van der Waals surface area contributed by atoms with Gasteiger partial charge in [0.2, 0.25) is 0 Å². The average Bonchev–Trinajstić information content (AvgIpc) is 2.56. The first-order chi connectivity index (χ1) is 15.6. The second-order valence-corrected chi connectivity index (χ2v) is 14.5. The van der Waals surface area contributed by atoms with Gasteiger partial charge in [-0.2, -0.15) is 4.65 Å². The maximum atomic E-state index is 6.84. The van der Waals surface area contributed by atoms with Crippen molar-refractivity contribution >= 4 is 0 Å². The third-order valence-corrected chi connectivity index (χ3v) is 6.92. The third kappa shape index (κ3) is 12.0. The van der Waals surface area contributed by atoms with Gasteiger partial charge in [0.15, 0.2) is 0 Å². The SMILES string of the molecule is COC(C)(C)CCOC(C)(C)CCC[N+](C)(O[N+](C)(C)C)C(C)(C)O[N+](C)(C)C(C)(C)O[N+](C)(C)C. The van der Waals surface area contributed by atoms with Gasteiger partial charge >= 0.3 is 0 Å². The van der Waals surface area contributed by atoms with Crippen LogP contribution in [0.15, 0.2) is 0 Å². The van der Waals surface area contributed by atoms with Crippen LogP contribution in [0.3, 0.4) is 0 Å². The molecule has 0 fully saturated rings. The van der Waals surface area contributed by atoms with Crippen molar-refractivity contribution in [2.75, 3.05) is 83.7 Å². The molecular weight excluding hydrogens is 460 g/mol. The molecule has 0 bridgehead atoms. The van der Waals surface area contributed by atoms with E-state index in [2.05, 4.69) is 62.4 Å². The molecule has 0 spiro atoms. The maximum Gasteiger partial charge on any atom is 0.281 e. The van der Waals surface area contributed by atoms with Crippen molar-refractivity contribution in [2.24, 2.45) is 0 Å². The molecule has 0 amide bonds. The van der Waals surface area contributed by atoms with E-state index in [0.29, 0.717) is 15.9 Å². The summed E-state index contributed by atoms with van der Waals surface area (Å²) in [7, 11) is 20.0. The number of quaternary nitrogens is 4. The molecule has 9 heteroatoms. The fraction of sp³-hybridized carbons (Fsp3) is 1.00. The molecule has 1 atom stereocenters. The van der Waals surface area contributed by atoms with Crippen LogP contribution in [0.25, 0.3) is 0 Å². The Hall–Kier alpha value is -0.360. The van der Waals surface area contributed by atoms with Gasteiger partial charge in [0.25, 0.3) is 11.4 Å². The zero-order valence-corrected chi connectivity index (χ0v) is 27.4. The first-order valence-corrected chi connectivity index (χ1v) is 13.2. The molecule has 0 aliphatic rings. The molecule has 0 saturated heterocycles. The van der Waals surface area contributed by atoms with Crippen LogP contribution in [0, 0.1) is 0 Å². The first-order valence-electron chi connectivity index (χ1n) is 13.2. The molecule has 0 aromatic heterocycles. The van der Waals surface area contributed by atoms with Crippen LogP contribution < -0.4 is 0 Å². The van der Waals surface area contributed by atoms with Crippen LogP contribution in [-0.4, -0.2) is 125 Å². The fourth-order valence-electron chi connectivity index (χ4n) is 4.03. The molecule has 0 heterocycles. The monoisotopic (exact) mass is 524 g/mol. The summed E-state index contributed by atoms with van der Waals surface area (Å²) >= 11 is 0. The van der Waals surface area contributed by atoms with Crippen molar-refractivity contribution in [3.8, 4) is 0 Å². The summed E-state index contributed by atoms with van der Waals surface area (Å²) in [5, 5.41) is 0. The predicted octanol–water partition coefficient (Wildman–Crippen LogP) is 4.49. The van der Waals surface area contributed by atoms with Gasteiger partial charge in [-0.25, -0.2) is 0 Å². The maximum absolute atomic E-state index is 6.84. The molecule has 218 valence electrons. The minimum Gasteiger partial charge on any atom is -0.379 e. The number of hydrogen-bond acceptors (Lipinski definition) is 5. The minimum absolute atomic E-state index is 0.181. The second-order valence-electron chi connectivity index (χ2n) is 14.5. The van der Waals surface area contributed by atoms with E-state index in [4.69, 9.17) is 24.1 Å². The standard InChI is InChI=1S/C27H64N4O5/c1-24(2,32-18)21-23-33-25(3,4)20-19-22-31(17,36-29(12,13)14)27(7,8)35-30(15,16)26(5,6)34-28(9,10)11/h19-23H2,1-18H3/q+4. The molecule has 36 heavy (non-hydrogen) atoms. The summed E-state index contributed by atoms with van der Waals surface area (Å²) in [4.78, 5) is 19.8. The highest BCUT2D eigenvalue weighted by atomic mass is 16.9. The molecular formula is C27H64N4O5+4. The lowest BCUT2D eigenvalue weighted by molar-refractivity contribution is -1.36. The Bertz CT molecular complexity index is 679. The van der Waals surface area contributed by atoms with Crippen LogP contribution in [0.2, 0.25) is 0 Å². The van der Waals surface area contributed by atoms with Crippen LogP contribution in [-0.2, 0) is 24.1 Å². The Kier molecular flexibility index (Phi) is 11.7. The Morgan fingerprint density at radius 1 is 0.583 bits per heavy atom. The summed E-state index contributed by atoms with van der Waals surface area (Å²) in [6.07, 6.45) is 2.67. The predicted molar refractivity (Wildman–Crippen MR) is 146 cm³/mol. The van der Waals surface area contributed by atoms with Gasteiger partial charge in [0, 0.05) is 41.2 Å². The summed E-state index contributed by atoms with van der Waals surface area (Å²) in [6, 6.07) is 0. The van der Waals surface area contributed by atoms with E-state index >= 15 is 0 Å². The topological polar surface area (TPSA) is 46.2 Å². The van der Waals surface area contributed by atoms with Crippen molar-refractivity contribution in [3.63, 3.8) is 0 Å². The fourth-order valence-corrected chi connectivity index (χ4v) is 4.03. The van der Waals surface area contributed by atoms with Gasteiger partial charge in [0.05, 0.1) is 39.0 Å². The second kappa shape index (κ2) is 11.8. The molecule has 0 aliphatic heterocycles. The Morgan fingerprint density at radius 2 is 1.08 bits per heavy atom. The Balaban J connectivity index is 5.62. The van der Waals surface area contributed by atoms with Crippen LogP contribution >= 0.6 is 0 Å². The van der Waals surface area contributed by atoms with E-state index in [1.807, 2.05) is 56.4 Å². The van der Waals surface area contributed by atoms with Gasteiger partial charge in [-0.3, -0.25) is 0 Å². The lowest BCUT2D eigenvalue weighted by Crippen LogP contribution is -2.71. The lowest BCUT2D eigenvalue weighted by Gasteiger charge is -2.49.